The zero-order valence-corrected chi connectivity index (χ0v) is 12.7. The van der Waals surface area contributed by atoms with Crippen LogP contribution in [0.15, 0.2) is 30.9 Å². The Morgan fingerprint density at radius 3 is 2.48 bits per heavy atom. The van der Waals surface area contributed by atoms with Gasteiger partial charge in [0, 0.05) is 18.0 Å². The quantitative estimate of drug-likeness (QED) is 0.859. The summed E-state index contributed by atoms with van der Waals surface area (Å²) < 4.78 is 5.16. The fourth-order valence-corrected chi connectivity index (χ4v) is 1.73. The van der Waals surface area contributed by atoms with Crippen molar-refractivity contribution in [2.24, 2.45) is 0 Å². The highest BCUT2D eigenvalue weighted by atomic mass is 35.5. The van der Waals surface area contributed by atoms with Gasteiger partial charge in [-0.05, 0) is 32.9 Å². The summed E-state index contributed by atoms with van der Waals surface area (Å²) >= 11 is 6.07. The van der Waals surface area contributed by atoms with Gasteiger partial charge in [0.1, 0.15) is 11.9 Å². The minimum Gasteiger partial charge on any atom is -0.444 e. The maximum absolute atomic E-state index is 11.7. The van der Waals surface area contributed by atoms with E-state index in [1.165, 1.54) is 6.33 Å². The number of nitrogens with zero attached hydrogens (tertiary/aromatic N) is 3. The summed E-state index contributed by atoms with van der Waals surface area (Å²) in [6.45, 7) is 5.35. The third kappa shape index (κ3) is 4.39. The molecule has 2 aromatic heterocycles. The van der Waals surface area contributed by atoms with Crippen molar-refractivity contribution in [2.75, 3.05) is 5.32 Å². The van der Waals surface area contributed by atoms with Crippen molar-refractivity contribution < 1.29 is 9.53 Å². The number of anilines is 1. The number of pyridine rings is 1. The Labute approximate surface area is 127 Å². The van der Waals surface area contributed by atoms with Crippen molar-refractivity contribution in [2.45, 2.75) is 26.4 Å². The Hall–Kier alpha value is -2.21. The van der Waals surface area contributed by atoms with Crippen LogP contribution in [0.2, 0.25) is 5.15 Å². The smallest absolute Gasteiger partial charge is 0.412 e. The van der Waals surface area contributed by atoms with Gasteiger partial charge < -0.3 is 4.74 Å². The van der Waals surface area contributed by atoms with E-state index in [1.807, 2.05) is 0 Å². The first-order chi connectivity index (χ1) is 9.85. The lowest BCUT2D eigenvalue weighted by molar-refractivity contribution is 0.0636. The highest BCUT2D eigenvalue weighted by Gasteiger charge is 2.17. The van der Waals surface area contributed by atoms with Crippen molar-refractivity contribution in [1.82, 2.24) is 15.0 Å². The second-order valence-electron chi connectivity index (χ2n) is 5.29. The molecule has 2 rings (SSSR count). The SMILES string of the molecule is CC(C)(C)OC(=O)Nc1ccc(-c2cncnc2)nc1Cl. The number of halogens is 1. The molecule has 21 heavy (non-hydrogen) atoms. The van der Waals surface area contributed by atoms with Gasteiger partial charge in [-0.15, -0.1) is 0 Å². The van der Waals surface area contributed by atoms with Gasteiger partial charge in [0.25, 0.3) is 0 Å². The van der Waals surface area contributed by atoms with Crippen molar-refractivity contribution in [3.05, 3.63) is 36.0 Å². The molecule has 0 saturated heterocycles. The van der Waals surface area contributed by atoms with Crippen LogP contribution < -0.4 is 5.32 Å². The van der Waals surface area contributed by atoms with Gasteiger partial charge in [0.05, 0.1) is 11.4 Å². The number of amides is 1. The normalized spacial score (nSPS) is 11.0. The van der Waals surface area contributed by atoms with Gasteiger partial charge in [-0.25, -0.2) is 19.7 Å². The van der Waals surface area contributed by atoms with Crippen LogP contribution in [0.1, 0.15) is 20.8 Å². The van der Waals surface area contributed by atoms with Gasteiger partial charge in [0.15, 0.2) is 5.15 Å². The van der Waals surface area contributed by atoms with Crippen LogP contribution in [0.25, 0.3) is 11.3 Å². The highest BCUT2D eigenvalue weighted by Crippen LogP contribution is 2.24. The summed E-state index contributed by atoms with van der Waals surface area (Å²) in [5.74, 6) is 0. The Bertz CT molecular complexity index is 641. The van der Waals surface area contributed by atoms with E-state index >= 15 is 0 Å². The maximum atomic E-state index is 11.7. The van der Waals surface area contributed by atoms with Gasteiger partial charge in [-0.2, -0.15) is 0 Å². The Morgan fingerprint density at radius 2 is 1.90 bits per heavy atom. The molecule has 1 N–H and O–H groups in total. The second-order valence-corrected chi connectivity index (χ2v) is 5.65. The number of hydrogen-bond acceptors (Lipinski definition) is 5. The topological polar surface area (TPSA) is 77.0 Å². The summed E-state index contributed by atoms with van der Waals surface area (Å²) in [4.78, 5) is 23.7. The maximum Gasteiger partial charge on any atom is 0.412 e. The van der Waals surface area contributed by atoms with Crippen LogP contribution in [-0.4, -0.2) is 26.6 Å². The predicted molar refractivity (Wildman–Crippen MR) is 80.1 cm³/mol. The molecule has 0 bridgehead atoms. The summed E-state index contributed by atoms with van der Waals surface area (Å²) in [6, 6.07) is 3.37. The Kier molecular flexibility index (Phi) is 4.37. The molecule has 0 spiro atoms. The molecule has 0 atom stereocenters. The molecule has 0 unspecified atom stereocenters. The molecular weight excluding hydrogens is 292 g/mol. The van der Waals surface area contributed by atoms with Crippen molar-refractivity contribution >= 4 is 23.4 Å². The predicted octanol–water partition coefficient (Wildman–Crippen LogP) is 3.54. The molecule has 110 valence electrons. The average Bonchev–Trinajstić information content (AvgIpc) is 2.40. The molecule has 0 aromatic carbocycles. The summed E-state index contributed by atoms with van der Waals surface area (Å²) in [6.07, 6.45) is 4.12. The van der Waals surface area contributed by atoms with Crippen molar-refractivity contribution in [3.8, 4) is 11.3 Å². The van der Waals surface area contributed by atoms with E-state index in [1.54, 1.807) is 45.3 Å². The van der Waals surface area contributed by atoms with Crippen molar-refractivity contribution in [3.63, 3.8) is 0 Å². The molecule has 0 radical (unpaired) electrons. The van der Waals surface area contributed by atoms with Crippen LogP contribution in [0, 0.1) is 0 Å². The molecule has 0 saturated carbocycles. The molecule has 6 nitrogen and oxygen atoms in total. The van der Waals surface area contributed by atoms with Gasteiger partial charge in [-0.3, -0.25) is 5.32 Å². The van der Waals surface area contributed by atoms with E-state index in [2.05, 4.69) is 20.3 Å². The van der Waals surface area contributed by atoms with Crippen molar-refractivity contribution in [1.29, 1.82) is 0 Å². The van der Waals surface area contributed by atoms with Gasteiger partial charge in [-0.1, -0.05) is 11.6 Å². The van der Waals surface area contributed by atoms with Gasteiger partial charge >= 0.3 is 6.09 Å². The fourth-order valence-electron chi connectivity index (χ4n) is 1.53. The highest BCUT2D eigenvalue weighted by molar-refractivity contribution is 6.32. The zero-order valence-electron chi connectivity index (χ0n) is 11.9. The lowest BCUT2D eigenvalue weighted by atomic mass is 10.2. The van der Waals surface area contributed by atoms with E-state index < -0.39 is 11.7 Å². The number of ether oxygens (including phenoxy) is 1. The van der Waals surface area contributed by atoms with Gasteiger partial charge in [0.2, 0.25) is 0 Å². The first-order valence-electron chi connectivity index (χ1n) is 6.27. The average molecular weight is 307 g/mol. The van der Waals surface area contributed by atoms with Crippen LogP contribution in [0.3, 0.4) is 0 Å². The van der Waals surface area contributed by atoms with E-state index in [0.717, 1.165) is 5.56 Å². The summed E-state index contributed by atoms with van der Waals surface area (Å²) in [5, 5.41) is 2.73. The standard InChI is InChI=1S/C14H15ClN4O2/c1-14(2,3)21-13(20)19-11-5-4-10(18-12(11)15)9-6-16-8-17-7-9/h4-8H,1-3H3,(H,19,20). The molecule has 1 amide bonds. The van der Waals surface area contributed by atoms with E-state index in [9.17, 15) is 4.79 Å². The second kappa shape index (κ2) is 6.05. The Morgan fingerprint density at radius 1 is 1.24 bits per heavy atom. The number of carbonyl (C=O) groups is 1. The first-order valence-corrected chi connectivity index (χ1v) is 6.65. The van der Waals surface area contributed by atoms with E-state index in [0.29, 0.717) is 11.4 Å². The monoisotopic (exact) mass is 306 g/mol. The van der Waals surface area contributed by atoms with Crippen LogP contribution in [0.5, 0.6) is 0 Å². The van der Waals surface area contributed by atoms with Crippen LogP contribution in [-0.2, 0) is 4.74 Å². The molecular formula is C14H15ClN4O2. The molecule has 0 fully saturated rings. The zero-order chi connectivity index (χ0) is 15.5. The lowest BCUT2D eigenvalue weighted by Crippen LogP contribution is -2.27. The molecule has 2 aromatic rings. The third-order valence-electron chi connectivity index (χ3n) is 2.34. The minimum atomic E-state index is -0.581. The number of carbonyl (C=O) groups excluding carboxylic acids is 1. The molecule has 7 heteroatoms. The molecule has 0 aliphatic carbocycles. The first kappa shape index (κ1) is 15.2. The number of aromatic nitrogens is 3. The number of rotatable bonds is 2. The largest absolute Gasteiger partial charge is 0.444 e. The number of hydrogen-bond donors (Lipinski definition) is 1. The molecule has 0 aliphatic rings. The molecule has 0 aliphatic heterocycles. The third-order valence-corrected chi connectivity index (χ3v) is 2.63. The summed E-state index contributed by atoms with van der Waals surface area (Å²) in [5.41, 5.74) is 1.16. The minimum absolute atomic E-state index is 0.169. The Balaban J connectivity index is 2.15. The van der Waals surface area contributed by atoms with E-state index in [-0.39, 0.29) is 5.15 Å². The van der Waals surface area contributed by atoms with Crippen LogP contribution in [0.4, 0.5) is 10.5 Å². The number of nitrogens with one attached hydrogen (secondary N) is 1. The van der Waals surface area contributed by atoms with E-state index in [4.69, 9.17) is 16.3 Å². The van der Waals surface area contributed by atoms with Crippen LogP contribution >= 0.6 is 11.6 Å². The summed E-state index contributed by atoms with van der Waals surface area (Å²) in [7, 11) is 0. The lowest BCUT2D eigenvalue weighted by Gasteiger charge is -2.19. The fraction of sp³-hybridized carbons (Fsp3) is 0.286. The molecule has 2 heterocycles.